The lowest BCUT2D eigenvalue weighted by molar-refractivity contribution is 0.603. The third-order valence-electron chi connectivity index (χ3n) is 3.19. The largest absolute Gasteiger partial charge is 0.441 e. The van der Waals surface area contributed by atoms with Crippen LogP contribution >= 0.6 is 15.9 Å². The minimum atomic E-state index is 0.682. The van der Waals surface area contributed by atoms with Crippen LogP contribution < -0.4 is 5.32 Å². The van der Waals surface area contributed by atoms with E-state index >= 15 is 0 Å². The molecule has 0 aliphatic carbocycles. The van der Waals surface area contributed by atoms with E-state index in [9.17, 15) is 0 Å². The predicted molar refractivity (Wildman–Crippen MR) is 84.5 cm³/mol. The number of nitrogens with zero attached hydrogens (tertiary/aromatic N) is 3. The molecular formula is C15H9BrN4O. The maximum atomic E-state index is 5.51. The summed E-state index contributed by atoms with van der Waals surface area (Å²) in [6.07, 6.45) is 4.72. The van der Waals surface area contributed by atoms with Crippen molar-refractivity contribution in [3.63, 3.8) is 0 Å². The van der Waals surface area contributed by atoms with Gasteiger partial charge in [-0.2, -0.15) is 0 Å². The second-order valence-corrected chi connectivity index (χ2v) is 5.46. The van der Waals surface area contributed by atoms with Crippen LogP contribution in [0.2, 0.25) is 0 Å². The van der Waals surface area contributed by atoms with Gasteiger partial charge in [0.05, 0.1) is 0 Å². The molecule has 0 aliphatic heterocycles. The Balaban J connectivity index is 1.97. The summed E-state index contributed by atoms with van der Waals surface area (Å²) in [5.41, 5.74) is 3.99. The first-order valence-corrected chi connectivity index (χ1v) is 7.09. The molecular weight excluding hydrogens is 332 g/mol. The Morgan fingerprint density at radius 2 is 2.10 bits per heavy atom. The van der Waals surface area contributed by atoms with Crippen molar-refractivity contribution in [2.75, 3.05) is 5.32 Å². The molecule has 0 atom stereocenters. The van der Waals surface area contributed by atoms with Crippen molar-refractivity contribution in [1.29, 1.82) is 0 Å². The van der Waals surface area contributed by atoms with Gasteiger partial charge in [0, 0.05) is 21.7 Å². The number of hydrogen-bond donors (Lipinski definition) is 1. The fourth-order valence-electron chi connectivity index (χ4n) is 2.28. The summed E-state index contributed by atoms with van der Waals surface area (Å²) in [5.74, 6) is 0. The molecule has 0 unspecified atom stereocenters. The van der Waals surface area contributed by atoms with Crippen molar-refractivity contribution in [2.45, 2.75) is 0 Å². The van der Waals surface area contributed by atoms with Gasteiger partial charge in [-0.1, -0.05) is 22.0 Å². The molecule has 0 fully saturated rings. The third kappa shape index (κ3) is 2.13. The summed E-state index contributed by atoms with van der Waals surface area (Å²) in [6.45, 7) is 0. The number of fused-ring (bicyclic) bond motifs is 2. The van der Waals surface area contributed by atoms with Crippen molar-refractivity contribution in [2.24, 2.45) is 0 Å². The fourth-order valence-corrected chi connectivity index (χ4v) is 2.68. The van der Waals surface area contributed by atoms with Gasteiger partial charge in [0.2, 0.25) is 0 Å². The van der Waals surface area contributed by atoms with E-state index in [1.807, 2.05) is 30.3 Å². The molecule has 0 spiro atoms. The van der Waals surface area contributed by atoms with Gasteiger partial charge in [-0.25, -0.2) is 15.0 Å². The molecule has 5 nitrogen and oxygen atoms in total. The SMILES string of the molecule is Brc1cccc(Nc2c3ncncc3cc3ncoc23)c1. The van der Waals surface area contributed by atoms with Crippen molar-refractivity contribution in [3.8, 4) is 0 Å². The maximum Gasteiger partial charge on any atom is 0.182 e. The molecule has 6 heteroatoms. The third-order valence-corrected chi connectivity index (χ3v) is 3.68. The van der Waals surface area contributed by atoms with Gasteiger partial charge in [0.15, 0.2) is 12.0 Å². The minimum Gasteiger partial charge on any atom is -0.441 e. The Hall–Kier alpha value is -2.47. The standard InChI is InChI=1S/C15H9BrN4O/c16-10-2-1-3-11(5-10)20-14-13-9(6-17-7-18-13)4-12-15(14)21-8-19-12/h1-8,20H. The average molecular weight is 341 g/mol. The lowest BCUT2D eigenvalue weighted by Crippen LogP contribution is -1.94. The molecule has 21 heavy (non-hydrogen) atoms. The molecule has 102 valence electrons. The molecule has 2 aromatic heterocycles. The zero-order chi connectivity index (χ0) is 14.2. The molecule has 4 rings (SSSR count). The van der Waals surface area contributed by atoms with E-state index in [4.69, 9.17) is 4.42 Å². The molecule has 0 saturated carbocycles. The van der Waals surface area contributed by atoms with Gasteiger partial charge in [0.1, 0.15) is 23.0 Å². The normalized spacial score (nSPS) is 11.1. The van der Waals surface area contributed by atoms with Crippen LogP contribution in [0.4, 0.5) is 11.4 Å². The fraction of sp³-hybridized carbons (Fsp3) is 0. The number of anilines is 2. The molecule has 0 radical (unpaired) electrons. The van der Waals surface area contributed by atoms with E-state index < -0.39 is 0 Å². The number of hydrogen-bond acceptors (Lipinski definition) is 5. The first-order chi connectivity index (χ1) is 10.3. The number of halogens is 1. The summed E-state index contributed by atoms with van der Waals surface area (Å²) in [6, 6.07) is 9.82. The van der Waals surface area contributed by atoms with Crippen LogP contribution in [0.5, 0.6) is 0 Å². The van der Waals surface area contributed by atoms with Gasteiger partial charge in [0.25, 0.3) is 0 Å². The van der Waals surface area contributed by atoms with Crippen LogP contribution in [0.3, 0.4) is 0 Å². The molecule has 2 heterocycles. The van der Waals surface area contributed by atoms with E-state index in [1.54, 1.807) is 6.20 Å². The molecule has 4 aromatic rings. The minimum absolute atomic E-state index is 0.682. The van der Waals surface area contributed by atoms with Crippen LogP contribution in [0.15, 0.2) is 58.1 Å². The van der Waals surface area contributed by atoms with Crippen molar-refractivity contribution in [3.05, 3.63) is 53.7 Å². The lowest BCUT2D eigenvalue weighted by atomic mass is 10.2. The van der Waals surface area contributed by atoms with Crippen LogP contribution in [0, 0.1) is 0 Å². The second kappa shape index (κ2) is 4.82. The van der Waals surface area contributed by atoms with Gasteiger partial charge in [-0.15, -0.1) is 0 Å². The first-order valence-electron chi connectivity index (χ1n) is 6.30. The highest BCUT2D eigenvalue weighted by Crippen LogP contribution is 2.33. The van der Waals surface area contributed by atoms with Gasteiger partial charge < -0.3 is 9.73 Å². The molecule has 2 aromatic carbocycles. The van der Waals surface area contributed by atoms with Crippen LogP contribution in [-0.2, 0) is 0 Å². The average Bonchev–Trinajstić information content (AvgIpc) is 2.95. The number of rotatable bonds is 2. The zero-order valence-electron chi connectivity index (χ0n) is 10.7. The van der Waals surface area contributed by atoms with Crippen LogP contribution in [0.1, 0.15) is 0 Å². The van der Waals surface area contributed by atoms with E-state index in [-0.39, 0.29) is 0 Å². The lowest BCUT2D eigenvalue weighted by Gasteiger charge is -2.09. The van der Waals surface area contributed by atoms with Crippen molar-refractivity contribution < 1.29 is 4.42 Å². The first kappa shape index (κ1) is 12.3. The number of benzene rings is 2. The molecule has 0 aliphatic rings. The molecule has 0 amide bonds. The highest BCUT2D eigenvalue weighted by atomic mass is 79.9. The smallest absolute Gasteiger partial charge is 0.182 e. The van der Waals surface area contributed by atoms with E-state index in [0.29, 0.717) is 5.58 Å². The number of oxazole rings is 1. The monoisotopic (exact) mass is 340 g/mol. The molecule has 0 bridgehead atoms. The van der Waals surface area contributed by atoms with E-state index in [1.165, 1.54) is 12.7 Å². The zero-order valence-corrected chi connectivity index (χ0v) is 12.3. The summed E-state index contributed by atoms with van der Waals surface area (Å²) in [5, 5.41) is 4.28. The highest BCUT2D eigenvalue weighted by Gasteiger charge is 2.13. The Kier molecular flexibility index (Phi) is 2.82. The highest BCUT2D eigenvalue weighted by molar-refractivity contribution is 9.10. The topological polar surface area (TPSA) is 63.8 Å². The van der Waals surface area contributed by atoms with Crippen molar-refractivity contribution >= 4 is 49.3 Å². The summed E-state index contributed by atoms with van der Waals surface area (Å²) < 4.78 is 6.51. The van der Waals surface area contributed by atoms with E-state index in [0.717, 1.165) is 32.3 Å². The van der Waals surface area contributed by atoms with E-state index in [2.05, 4.69) is 36.2 Å². The van der Waals surface area contributed by atoms with Gasteiger partial charge >= 0.3 is 0 Å². The Labute approximate surface area is 128 Å². The second-order valence-electron chi connectivity index (χ2n) is 4.55. The Bertz CT molecular complexity index is 951. The van der Waals surface area contributed by atoms with Crippen molar-refractivity contribution in [1.82, 2.24) is 15.0 Å². The number of nitrogens with one attached hydrogen (secondary N) is 1. The summed E-state index contributed by atoms with van der Waals surface area (Å²) >= 11 is 3.47. The molecule has 0 saturated heterocycles. The Morgan fingerprint density at radius 3 is 3.00 bits per heavy atom. The summed E-state index contributed by atoms with van der Waals surface area (Å²) in [4.78, 5) is 12.6. The quantitative estimate of drug-likeness (QED) is 0.590. The Morgan fingerprint density at radius 1 is 1.14 bits per heavy atom. The predicted octanol–water partition coefficient (Wildman–Crippen LogP) is 4.28. The van der Waals surface area contributed by atoms with Crippen LogP contribution in [0.25, 0.3) is 22.0 Å². The van der Waals surface area contributed by atoms with Gasteiger partial charge in [-0.05, 0) is 24.3 Å². The maximum absolute atomic E-state index is 5.51. The summed E-state index contributed by atoms with van der Waals surface area (Å²) in [7, 11) is 0. The van der Waals surface area contributed by atoms with Crippen LogP contribution in [-0.4, -0.2) is 15.0 Å². The number of aromatic nitrogens is 3. The molecule has 1 N–H and O–H groups in total. The van der Waals surface area contributed by atoms with Gasteiger partial charge in [-0.3, -0.25) is 0 Å².